The molecule has 1 aliphatic carbocycles. The molecule has 0 fully saturated rings. The van der Waals surface area contributed by atoms with Gasteiger partial charge in [0.25, 0.3) is 0 Å². The molecule has 0 aliphatic heterocycles. The molecule has 1 aromatic carbocycles. The van der Waals surface area contributed by atoms with Crippen molar-refractivity contribution in [1.82, 2.24) is 4.98 Å². The number of methoxy groups -OCH3 is 1. The molecule has 0 radical (unpaired) electrons. The van der Waals surface area contributed by atoms with Crippen molar-refractivity contribution in [2.24, 2.45) is 0 Å². The van der Waals surface area contributed by atoms with Gasteiger partial charge in [0.1, 0.15) is 5.75 Å². The van der Waals surface area contributed by atoms with Crippen LogP contribution in [0.4, 0.5) is 0 Å². The zero-order valence-corrected chi connectivity index (χ0v) is 9.18. The van der Waals surface area contributed by atoms with Crippen LogP contribution in [0.3, 0.4) is 0 Å². The van der Waals surface area contributed by atoms with Crippen molar-refractivity contribution >= 4 is 10.9 Å². The zero-order chi connectivity index (χ0) is 10.4. The van der Waals surface area contributed by atoms with E-state index in [1.807, 2.05) is 0 Å². The number of ether oxygens (including phenoxy) is 1. The lowest BCUT2D eigenvalue weighted by molar-refractivity contribution is 0.419. The van der Waals surface area contributed by atoms with Gasteiger partial charge in [-0.2, -0.15) is 0 Å². The van der Waals surface area contributed by atoms with Crippen LogP contribution >= 0.6 is 0 Å². The molecule has 1 heterocycles. The van der Waals surface area contributed by atoms with Crippen molar-refractivity contribution in [3.63, 3.8) is 0 Å². The average Bonchev–Trinajstić information content (AvgIpc) is 2.80. The van der Waals surface area contributed by atoms with Gasteiger partial charge in [-0.25, -0.2) is 0 Å². The quantitative estimate of drug-likeness (QED) is 0.753. The fourth-order valence-corrected chi connectivity index (χ4v) is 2.64. The lowest BCUT2D eigenvalue weighted by atomic mass is 10.1. The molecule has 15 heavy (non-hydrogen) atoms. The highest BCUT2D eigenvalue weighted by Gasteiger charge is 2.18. The minimum absolute atomic E-state index is 1.01. The molecular formula is C13H15NO. The molecular weight excluding hydrogens is 186 g/mol. The van der Waals surface area contributed by atoms with Crippen LogP contribution < -0.4 is 4.74 Å². The van der Waals surface area contributed by atoms with Gasteiger partial charge in [0.15, 0.2) is 0 Å². The lowest BCUT2D eigenvalue weighted by Crippen LogP contribution is -1.89. The molecule has 0 amide bonds. The summed E-state index contributed by atoms with van der Waals surface area (Å²) in [5.41, 5.74) is 5.46. The third-order valence-corrected chi connectivity index (χ3v) is 3.31. The summed E-state index contributed by atoms with van der Waals surface area (Å²) in [5.74, 6) is 1.01. The molecule has 0 saturated carbocycles. The molecule has 1 aromatic heterocycles. The topological polar surface area (TPSA) is 25.0 Å². The van der Waals surface area contributed by atoms with Gasteiger partial charge in [-0.15, -0.1) is 0 Å². The van der Waals surface area contributed by atoms with Gasteiger partial charge in [0, 0.05) is 11.1 Å². The predicted octanol–water partition coefficient (Wildman–Crippen LogP) is 2.97. The van der Waals surface area contributed by atoms with Crippen LogP contribution in [0.15, 0.2) is 12.1 Å². The maximum atomic E-state index is 5.45. The fourth-order valence-electron chi connectivity index (χ4n) is 2.64. The third kappa shape index (κ3) is 1.17. The molecule has 3 rings (SSSR count). The molecule has 1 N–H and O–H groups in total. The third-order valence-electron chi connectivity index (χ3n) is 3.31. The number of nitrogens with one attached hydrogen (secondary N) is 1. The van der Waals surface area contributed by atoms with Crippen LogP contribution in [0, 0.1) is 6.92 Å². The van der Waals surface area contributed by atoms with Crippen molar-refractivity contribution in [3.05, 3.63) is 29.0 Å². The summed E-state index contributed by atoms with van der Waals surface area (Å²) in [6.45, 7) is 2.10. The standard InChI is InChI=1S/C13H15NO/c1-8-6-11-12(15-2)7-9-4-3-5-10(9)13(11)14-8/h6-7,14H,3-5H2,1-2H3. The normalized spacial score (nSPS) is 14.5. The Kier molecular flexibility index (Phi) is 1.78. The maximum absolute atomic E-state index is 5.45. The average molecular weight is 201 g/mol. The molecule has 0 unspecified atom stereocenters. The van der Waals surface area contributed by atoms with Gasteiger partial charge in [-0.1, -0.05) is 0 Å². The second-order valence-electron chi connectivity index (χ2n) is 4.31. The van der Waals surface area contributed by atoms with E-state index < -0.39 is 0 Å². The Morgan fingerprint density at radius 3 is 2.93 bits per heavy atom. The zero-order valence-electron chi connectivity index (χ0n) is 9.18. The van der Waals surface area contributed by atoms with Crippen molar-refractivity contribution in [2.45, 2.75) is 26.2 Å². The SMILES string of the molecule is COc1cc2c(c3[nH]c(C)cc13)CCC2. The number of aryl methyl sites for hydroxylation is 3. The van der Waals surface area contributed by atoms with Gasteiger partial charge in [0.2, 0.25) is 0 Å². The molecule has 2 nitrogen and oxygen atoms in total. The van der Waals surface area contributed by atoms with Crippen LogP contribution in [-0.2, 0) is 12.8 Å². The Morgan fingerprint density at radius 2 is 2.13 bits per heavy atom. The van der Waals surface area contributed by atoms with Gasteiger partial charge in [-0.3, -0.25) is 0 Å². The fraction of sp³-hybridized carbons (Fsp3) is 0.385. The maximum Gasteiger partial charge on any atom is 0.128 e. The van der Waals surface area contributed by atoms with Crippen molar-refractivity contribution in [1.29, 1.82) is 0 Å². The summed E-state index contributed by atoms with van der Waals surface area (Å²) in [6.07, 6.45) is 3.67. The molecule has 0 atom stereocenters. The molecule has 2 aromatic rings. The molecule has 78 valence electrons. The lowest BCUT2D eigenvalue weighted by Gasteiger charge is -2.06. The molecule has 0 bridgehead atoms. The van der Waals surface area contributed by atoms with E-state index >= 15 is 0 Å². The number of fused-ring (bicyclic) bond motifs is 3. The van der Waals surface area contributed by atoms with E-state index in [1.165, 1.54) is 47.0 Å². The smallest absolute Gasteiger partial charge is 0.128 e. The number of H-pyrrole nitrogens is 1. The van der Waals surface area contributed by atoms with E-state index in [0.29, 0.717) is 0 Å². The van der Waals surface area contributed by atoms with E-state index in [4.69, 9.17) is 4.74 Å². The van der Waals surface area contributed by atoms with E-state index in [0.717, 1.165) is 5.75 Å². The van der Waals surface area contributed by atoms with Gasteiger partial charge < -0.3 is 9.72 Å². The Morgan fingerprint density at radius 1 is 1.27 bits per heavy atom. The second kappa shape index (κ2) is 3.02. The summed E-state index contributed by atoms with van der Waals surface area (Å²) < 4.78 is 5.45. The highest BCUT2D eigenvalue weighted by Crippen LogP contribution is 2.36. The number of benzene rings is 1. The summed E-state index contributed by atoms with van der Waals surface area (Å²) in [4.78, 5) is 3.45. The van der Waals surface area contributed by atoms with Crippen LogP contribution in [0.5, 0.6) is 5.75 Å². The highest BCUT2D eigenvalue weighted by atomic mass is 16.5. The van der Waals surface area contributed by atoms with Crippen LogP contribution in [0.25, 0.3) is 10.9 Å². The minimum Gasteiger partial charge on any atom is -0.496 e. The van der Waals surface area contributed by atoms with Crippen LogP contribution in [-0.4, -0.2) is 12.1 Å². The largest absolute Gasteiger partial charge is 0.496 e. The van der Waals surface area contributed by atoms with E-state index in [9.17, 15) is 0 Å². The monoisotopic (exact) mass is 201 g/mol. The second-order valence-corrected chi connectivity index (χ2v) is 4.31. The van der Waals surface area contributed by atoms with E-state index in [2.05, 4.69) is 24.0 Å². The first-order valence-corrected chi connectivity index (χ1v) is 5.47. The molecule has 0 spiro atoms. The first-order chi connectivity index (χ1) is 7.29. The summed E-state index contributed by atoms with van der Waals surface area (Å²) in [5, 5.41) is 1.23. The van der Waals surface area contributed by atoms with Crippen molar-refractivity contribution in [2.75, 3.05) is 7.11 Å². The Bertz CT molecular complexity index is 525. The Balaban J connectivity index is 2.40. The number of hydrogen-bond donors (Lipinski definition) is 1. The summed E-state index contributed by atoms with van der Waals surface area (Å²) in [7, 11) is 1.75. The van der Waals surface area contributed by atoms with Crippen molar-refractivity contribution in [3.8, 4) is 5.75 Å². The summed E-state index contributed by atoms with van der Waals surface area (Å²) >= 11 is 0. The van der Waals surface area contributed by atoms with E-state index in [1.54, 1.807) is 7.11 Å². The van der Waals surface area contributed by atoms with Gasteiger partial charge in [-0.05, 0) is 49.4 Å². The van der Waals surface area contributed by atoms with Crippen LogP contribution in [0.2, 0.25) is 0 Å². The van der Waals surface area contributed by atoms with E-state index in [-0.39, 0.29) is 0 Å². The van der Waals surface area contributed by atoms with Crippen molar-refractivity contribution < 1.29 is 4.74 Å². The van der Waals surface area contributed by atoms with Crippen LogP contribution in [0.1, 0.15) is 23.2 Å². The first kappa shape index (κ1) is 8.84. The Hall–Kier alpha value is -1.44. The molecule has 1 aliphatic rings. The number of aromatic nitrogens is 1. The highest BCUT2D eigenvalue weighted by molar-refractivity contribution is 5.90. The molecule has 0 saturated heterocycles. The Labute approximate surface area is 89.3 Å². The first-order valence-electron chi connectivity index (χ1n) is 5.47. The predicted molar refractivity (Wildman–Crippen MR) is 61.6 cm³/mol. The minimum atomic E-state index is 1.01. The molecule has 2 heteroatoms. The number of hydrogen-bond acceptors (Lipinski definition) is 1. The van der Waals surface area contributed by atoms with Gasteiger partial charge >= 0.3 is 0 Å². The summed E-state index contributed by atoms with van der Waals surface area (Å²) in [6, 6.07) is 4.38. The number of aromatic amines is 1. The van der Waals surface area contributed by atoms with Gasteiger partial charge in [0.05, 0.1) is 12.6 Å². The number of rotatable bonds is 1.